The van der Waals surface area contributed by atoms with Crippen molar-refractivity contribution < 1.29 is 28.5 Å². The molecule has 0 aliphatic carbocycles. The van der Waals surface area contributed by atoms with E-state index < -0.39 is 45.1 Å². The van der Waals surface area contributed by atoms with Crippen LogP contribution in [0.25, 0.3) is 11.2 Å². The third kappa shape index (κ3) is 5.01. The van der Waals surface area contributed by atoms with Crippen molar-refractivity contribution >= 4 is 31.5 Å². The molecule has 1 fully saturated rings. The minimum absolute atomic E-state index is 0.0183. The molecule has 5 heterocycles. The van der Waals surface area contributed by atoms with Gasteiger partial charge in [-0.25, -0.2) is 14.8 Å². The van der Waals surface area contributed by atoms with Gasteiger partial charge in [0.15, 0.2) is 11.9 Å². The predicted molar refractivity (Wildman–Crippen MR) is 121 cm³/mol. The van der Waals surface area contributed by atoms with E-state index in [9.17, 15) is 14.8 Å². The summed E-state index contributed by atoms with van der Waals surface area (Å²) in [7, 11) is -2.31. The first kappa shape index (κ1) is 23.7. The molecule has 5 rings (SSSR count). The number of aliphatic hydroxyl groups is 1. The SMILES string of the molecule is Nc1ccn(C2C=CC(COP(O)OC3CC(n4cnc5cnc(N)nc54)OC3CO)O2)c(=O)n1. The number of rotatable bonds is 8. The summed E-state index contributed by atoms with van der Waals surface area (Å²) in [6, 6.07) is 1.49. The largest absolute Gasteiger partial charge is 0.394 e. The molecule has 0 spiro atoms. The van der Waals surface area contributed by atoms with Gasteiger partial charge in [-0.2, -0.15) is 9.97 Å². The molecule has 0 saturated carbocycles. The molecule has 0 amide bonds. The summed E-state index contributed by atoms with van der Waals surface area (Å²) in [4.78, 5) is 38.3. The summed E-state index contributed by atoms with van der Waals surface area (Å²) in [5.41, 5.74) is 11.7. The molecular weight excluding hydrogens is 483 g/mol. The monoisotopic (exact) mass is 506 g/mol. The van der Waals surface area contributed by atoms with Crippen LogP contribution in [0.2, 0.25) is 0 Å². The van der Waals surface area contributed by atoms with Crippen LogP contribution in [0.5, 0.6) is 0 Å². The van der Waals surface area contributed by atoms with Crippen LogP contribution in [-0.4, -0.2) is 70.6 Å². The number of nitrogen functional groups attached to an aromatic ring is 2. The Labute approximate surface area is 198 Å². The number of hydrogen-bond acceptors (Lipinski definition) is 13. The number of fused-ring (bicyclic) bond motifs is 1. The van der Waals surface area contributed by atoms with Gasteiger partial charge >= 0.3 is 14.3 Å². The molecule has 15 nitrogen and oxygen atoms in total. The number of hydrogen-bond donors (Lipinski definition) is 4. The fourth-order valence-electron chi connectivity index (χ4n) is 3.84. The second-order valence-electron chi connectivity index (χ2n) is 7.81. The van der Waals surface area contributed by atoms with Crippen molar-refractivity contribution in [3.05, 3.63) is 47.4 Å². The molecule has 2 aliphatic heterocycles. The summed E-state index contributed by atoms with van der Waals surface area (Å²) in [6.07, 6.45) is 5.14. The van der Waals surface area contributed by atoms with Gasteiger partial charge in [-0.1, -0.05) is 6.08 Å². The van der Waals surface area contributed by atoms with Crippen LogP contribution in [0.4, 0.5) is 11.8 Å². The Hall–Kier alpha value is -3.04. The van der Waals surface area contributed by atoms with Crippen LogP contribution in [0.3, 0.4) is 0 Å². The average molecular weight is 506 g/mol. The summed E-state index contributed by atoms with van der Waals surface area (Å²) in [5.74, 6) is 0.216. The summed E-state index contributed by atoms with van der Waals surface area (Å²) < 4.78 is 25.7. The Morgan fingerprint density at radius 1 is 1.20 bits per heavy atom. The van der Waals surface area contributed by atoms with Crippen LogP contribution >= 0.6 is 8.60 Å². The number of nitrogens with zero attached hydrogens (tertiary/aromatic N) is 6. The van der Waals surface area contributed by atoms with E-state index in [2.05, 4.69) is 19.9 Å². The molecule has 0 bridgehead atoms. The highest BCUT2D eigenvalue weighted by Crippen LogP contribution is 2.42. The van der Waals surface area contributed by atoms with E-state index >= 15 is 0 Å². The Bertz CT molecular complexity index is 1290. The van der Waals surface area contributed by atoms with Crippen molar-refractivity contribution in [2.45, 2.75) is 37.2 Å². The molecule has 0 radical (unpaired) electrons. The molecule has 186 valence electrons. The Morgan fingerprint density at radius 3 is 2.86 bits per heavy atom. The third-order valence-electron chi connectivity index (χ3n) is 5.51. The molecule has 1 saturated heterocycles. The minimum atomic E-state index is -2.31. The molecule has 0 aromatic carbocycles. The van der Waals surface area contributed by atoms with Crippen molar-refractivity contribution in [1.29, 1.82) is 0 Å². The van der Waals surface area contributed by atoms with Crippen LogP contribution in [0.15, 0.2) is 41.7 Å². The highest BCUT2D eigenvalue weighted by Gasteiger charge is 2.39. The van der Waals surface area contributed by atoms with E-state index in [-0.39, 0.29) is 25.0 Å². The quantitative estimate of drug-likeness (QED) is 0.227. The molecular formula is C19H23N8O7P. The van der Waals surface area contributed by atoms with Crippen LogP contribution < -0.4 is 17.2 Å². The molecule has 6 N–H and O–H groups in total. The number of anilines is 2. The topological polar surface area (TPSA) is 208 Å². The van der Waals surface area contributed by atoms with Crippen LogP contribution in [-0.2, 0) is 18.5 Å². The van der Waals surface area contributed by atoms with Crippen molar-refractivity contribution in [3.63, 3.8) is 0 Å². The van der Waals surface area contributed by atoms with Crippen LogP contribution in [0.1, 0.15) is 18.9 Å². The first-order chi connectivity index (χ1) is 16.9. The highest BCUT2D eigenvalue weighted by atomic mass is 31.2. The van der Waals surface area contributed by atoms with E-state index in [4.69, 9.17) is 30.0 Å². The molecule has 3 aromatic heterocycles. The van der Waals surface area contributed by atoms with Crippen LogP contribution in [0, 0.1) is 0 Å². The van der Waals surface area contributed by atoms with E-state index in [1.54, 1.807) is 23.0 Å². The maximum absolute atomic E-state index is 12.0. The van der Waals surface area contributed by atoms with E-state index in [1.165, 1.54) is 23.0 Å². The van der Waals surface area contributed by atoms with E-state index in [0.717, 1.165) is 0 Å². The first-order valence-electron chi connectivity index (χ1n) is 10.6. The Balaban J connectivity index is 1.15. The summed E-state index contributed by atoms with van der Waals surface area (Å²) >= 11 is 0. The molecule has 16 heteroatoms. The smallest absolute Gasteiger partial charge is 0.351 e. The number of imidazole rings is 1. The molecule has 6 atom stereocenters. The van der Waals surface area contributed by atoms with E-state index in [1.807, 2.05) is 0 Å². The van der Waals surface area contributed by atoms with Crippen molar-refractivity contribution in [2.75, 3.05) is 24.7 Å². The van der Waals surface area contributed by atoms with Gasteiger partial charge in [0.1, 0.15) is 29.8 Å². The standard InChI is InChI=1S/C19H23N8O7P/c20-14-3-4-26(19(29)24-14)15-2-1-10(32-15)8-31-35(30)34-12-5-16(33-13(12)7-28)27-9-23-11-6-22-18(21)25-17(11)27/h1-4,6,9-10,12-13,15-16,28,30H,5,7-8H2,(H2,20,24,29)(H2,21,22,25). The van der Waals surface area contributed by atoms with Gasteiger partial charge in [0.25, 0.3) is 0 Å². The zero-order valence-corrected chi connectivity index (χ0v) is 19.1. The van der Waals surface area contributed by atoms with Gasteiger partial charge in [0.05, 0.1) is 31.8 Å². The fourth-order valence-corrected chi connectivity index (χ4v) is 4.63. The Morgan fingerprint density at radius 2 is 2.06 bits per heavy atom. The van der Waals surface area contributed by atoms with Gasteiger partial charge in [-0.05, 0) is 12.1 Å². The maximum Gasteiger partial charge on any atom is 0.351 e. The first-order valence-corrected chi connectivity index (χ1v) is 11.7. The normalized spacial score (nSPS) is 27.1. The van der Waals surface area contributed by atoms with Crippen molar-refractivity contribution in [2.24, 2.45) is 0 Å². The highest BCUT2D eigenvalue weighted by molar-refractivity contribution is 7.40. The van der Waals surface area contributed by atoms with Gasteiger partial charge in [0.2, 0.25) is 5.95 Å². The lowest BCUT2D eigenvalue weighted by Crippen LogP contribution is -2.28. The minimum Gasteiger partial charge on any atom is -0.394 e. The number of aliphatic hydroxyl groups excluding tert-OH is 1. The lowest BCUT2D eigenvalue weighted by Gasteiger charge is -2.20. The summed E-state index contributed by atoms with van der Waals surface area (Å²) in [6.45, 7) is -0.343. The lowest BCUT2D eigenvalue weighted by molar-refractivity contribution is -0.0432. The third-order valence-corrected chi connectivity index (χ3v) is 6.33. The molecule has 2 aliphatic rings. The summed E-state index contributed by atoms with van der Waals surface area (Å²) in [5, 5.41) is 9.74. The number of nitrogens with two attached hydrogens (primary N) is 2. The van der Waals surface area contributed by atoms with Gasteiger partial charge in [-0.3, -0.25) is 9.13 Å². The zero-order chi connectivity index (χ0) is 24.5. The van der Waals surface area contributed by atoms with Gasteiger partial charge in [-0.15, -0.1) is 0 Å². The van der Waals surface area contributed by atoms with Gasteiger partial charge < -0.3 is 40.0 Å². The lowest BCUT2D eigenvalue weighted by atomic mass is 10.2. The second kappa shape index (κ2) is 9.91. The molecule has 3 aromatic rings. The fraction of sp³-hybridized carbons (Fsp3) is 0.421. The number of ether oxygens (including phenoxy) is 2. The average Bonchev–Trinajstić information content (AvgIpc) is 3.55. The molecule has 35 heavy (non-hydrogen) atoms. The van der Waals surface area contributed by atoms with Crippen molar-refractivity contribution in [3.8, 4) is 0 Å². The van der Waals surface area contributed by atoms with Crippen molar-refractivity contribution in [1.82, 2.24) is 29.1 Å². The van der Waals surface area contributed by atoms with Gasteiger partial charge in [0, 0.05) is 12.6 Å². The maximum atomic E-state index is 12.0. The second-order valence-corrected chi connectivity index (χ2v) is 8.75. The predicted octanol–water partition coefficient (Wildman–Crippen LogP) is -0.398. The molecule has 6 unspecified atom stereocenters. The number of aromatic nitrogens is 6. The van der Waals surface area contributed by atoms with E-state index in [0.29, 0.717) is 17.6 Å². The zero-order valence-electron chi connectivity index (χ0n) is 18.2. The Kier molecular flexibility index (Phi) is 6.71.